The summed E-state index contributed by atoms with van der Waals surface area (Å²) >= 11 is 2.16. The van der Waals surface area contributed by atoms with Gasteiger partial charge in [-0.05, 0) is 30.6 Å². The van der Waals surface area contributed by atoms with Crippen molar-refractivity contribution in [3.8, 4) is 0 Å². The number of thioether (sulfide) groups is 1. The lowest BCUT2D eigenvalue weighted by Gasteiger charge is -2.25. The minimum atomic E-state index is 0.545. The molecule has 0 aliphatic carbocycles. The van der Waals surface area contributed by atoms with Crippen molar-refractivity contribution in [2.45, 2.75) is 56.7 Å². The van der Waals surface area contributed by atoms with E-state index in [1.165, 1.54) is 56.4 Å². The number of rotatable bonds is 7. The SMILES string of the molecule is CCCCC(NCC1CCCCS1)c1ccccc1. The van der Waals surface area contributed by atoms with Crippen LogP contribution in [0.1, 0.15) is 57.1 Å². The van der Waals surface area contributed by atoms with Crippen molar-refractivity contribution in [1.82, 2.24) is 5.32 Å². The van der Waals surface area contributed by atoms with E-state index in [0.29, 0.717) is 6.04 Å². The van der Waals surface area contributed by atoms with Crippen molar-refractivity contribution in [2.75, 3.05) is 12.3 Å². The van der Waals surface area contributed by atoms with Crippen LogP contribution < -0.4 is 5.32 Å². The van der Waals surface area contributed by atoms with Crippen molar-refractivity contribution >= 4 is 11.8 Å². The largest absolute Gasteiger partial charge is 0.309 e. The molecule has 0 amide bonds. The van der Waals surface area contributed by atoms with Crippen molar-refractivity contribution in [3.63, 3.8) is 0 Å². The molecule has 1 aliphatic rings. The molecule has 1 aromatic rings. The summed E-state index contributed by atoms with van der Waals surface area (Å²) in [6.45, 7) is 3.45. The first-order chi connectivity index (χ1) is 9.40. The smallest absolute Gasteiger partial charge is 0.0320 e. The molecule has 0 saturated carbocycles. The van der Waals surface area contributed by atoms with E-state index >= 15 is 0 Å². The van der Waals surface area contributed by atoms with Gasteiger partial charge in [0.15, 0.2) is 0 Å². The lowest BCUT2D eigenvalue weighted by atomic mass is 10.0. The second-order valence-electron chi connectivity index (χ2n) is 5.50. The Morgan fingerprint density at radius 3 is 2.79 bits per heavy atom. The molecule has 2 heteroatoms. The summed E-state index contributed by atoms with van der Waals surface area (Å²) in [5, 5.41) is 4.65. The Bertz CT molecular complexity index is 332. The van der Waals surface area contributed by atoms with Crippen LogP contribution in [-0.4, -0.2) is 17.5 Å². The van der Waals surface area contributed by atoms with Gasteiger partial charge in [-0.15, -0.1) is 0 Å². The first kappa shape index (κ1) is 14.9. The molecule has 106 valence electrons. The number of hydrogen-bond acceptors (Lipinski definition) is 2. The highest BCUT2D eigenvalue weighted by molar-refractivity contribution is 7.99. The van der Waals surface area contributed by atoms with Gasteiger partial charge in [-0.2, -0.15) is 11.8 Å². The van der Waals surface area contributed by atoms with E-state index < -0.39 is 0 Å². The zero-order chi connectivity index (χ0) is 13.3. The van der Waals surface area contributed by atoms with Crippen LogP contribution in [0.5, 0.6) is 0 Å². The van der Waals surface area contributed by atoms with Crippen LogP contribution in [-0.2, 0) is 0 Å². The molecule has 2 rings (SSSR count). The summed E-state index contributed by atoms with van der Waals surface area (Å²) in [6.07, 6.45) is 8.09. The quantitative estimate of drug-likeness (QED) is 0.769. The molecule has 0 spiro atoms. The van der Waals surface area contributed by atoms with Gasteiger partial charge in [0.1, 0.15) is 0 Å². The molecule has 19 heavy (non-hydrogen) atoms. The van der Waals surface area contributed by atoms with E-state index in [4.69, 9.17) is 0 Å². The van der Waals surface area contributed by atoms with Gasteiger partial charge in [-0.3, -0.25) is 0 Å². The fourth-order valence-corrected chi connectivity index (χ4v) is 3.97. The Morgan fingerprint density at radius 2 is 2.11 bits per heavy atom. The highest BCUT2D eigenvalue weighted by Gasteiger charge is 2.16. The van der Waals surface area contributed by atoms with Crippen LogP contribution in [0, 0.1) is 0 Å². The molecule has 1 fully saturated rings. The molecule has 1 aliphatic heterocycles. The Morgan fingerprint density at radius 1 is 1.26 bits per heavy atom. The summed E-state index contributed by atoms with van der Waals surface area (Å²) in [6, 6.07) is 11.5. The van der Waals surface area contributed by atoms with Crippen LogP contribution in [0.2, 0.25) is 0 Å². The summed E-state index contributed by atoms with van der Waals surface area (Å²) in [5.41, 5.74) is 1.46. The molecular weight excluding hydrogens is 250 g/mol. The lowest BCUT2D eigenvalue weighted by Crippen LogP contribution is -2.30. The number of hydrogen-bond donors (Lipinski definition) is 1. The maximum Gasteiger partial charge on any atom is 0.0320 e. The molecule has 1 aromatic carbocycles. The molecule has 0 radical (unpaired) electrons. The fourth-order valence-electron chi connectivity index (χ4n) is 2.72. The molecule has 2 atom stereocenters. The first-order valence-electron chi connectivity index (χ1n) is 7.80. The Hall–Kier alpha value is -0.470. The normalized spacial score (nSPS) is 21.2. The van der Waals surface area contributed by atoms with Crippen LogP contribution in [0.15, 0.2) is 30.3 Å². The zero-order valence-electron chi connectivity index (χ0n) is 12.1. The van der Waals surface area contributed by atoms with Crippen molar-refractivity contribution in [2.24, 2.45) is 0 Å². The monoisotopic (exact) mass is 277 g/mol. The Balaban J connectivity index is 1.86. The Labute approximate surface area is 122 Å². The fraction of sp³-hybridized carbons (Fsp3) is 0.647. The molecule has 2 unspecified atom stereocenters. The van der Waals surface area contributed by atoms with E-state index in [1.54, 1.807) is 0 Å². The Kier molecular flexibility index (Phi) is 6.80. The van der Waals surface area contributed by atoms with Gasteiger partial charge in [0.05, 0.1) is 0 Å². The highest BCUT2D eigenvalue weighted by atomic mass is 32.2. The first-order valence-corrected chi connectivity index (χ1v) is 8.85. The molecule has 0 aromatic heterocycles. The minimum absolute atomic E-state index is 0.545. The maximum atomic E-state index is 3.82. The predicted octanol–water partition coefficient (Wildman–Crippen LogP) is 4.79. The molecule has 1 nitrogen and oxygen atoms in total. The van der Waals surface area contributed by atoms with Crippen LogP contribution in [0.25, 0.3) is 0 Å². The highest BCUT2D eigenvalue weighted by Crippen LogP contribution is 2.26. The van der Waals surface area contributed by atoms with E-state index in [0.717, 1.165) is 5.25 Å². The van der Waals surface area contributed by atoms with Gasteiger partial charge >= 0.3 is 0 Å². The van der Waals surface area contributed by atoms with Crippen LogP contribution in [0.4, 0.5) is 0 Å². The molecule has 1 saturated heterocycles. The predicted molar refractivity (Wildman–Crippen MR) is 86.8 cm³/mol. The number of benzene rings is 1. The van der Waals surface area contributed by atoms with Crippen molar-refractivity contribution < 1.29 is 0 Å². The number of unbranched alkanes of at least 4 members (excludes halogenated alkanes) is 1. The van der Waals surface area contributed by atoms with E-state index in [1.807, 2.05) is 0 Å². The summed E-state index contributed by atoms with van der Waals surface area (Å²) in [5.74, 6) is 1.36. The van der Waals surface area contributed by atoms with Gasteiger partial charge in [-0.25, -0.2) is 0 Å². The second kappa shape index (κ2) is 8.65. The topological polar surface area (TPSA) is 12.0 Å². The second-order valence-corrected chi connectivity index (χ2v) is 6.91. The van der Waals surface area contributed by atoms with Gasteiger partial charge in [0, 0.05) is 17.8 Å². The van der Waals surface area contributed by atoms with Crippen LogP contribution in [0.3, 0.4) is 0 Å². The van der Waals surface area contributed by atoms with E-state index in [9.17, 15) is 0 Å². The van der Waals surface area contributed by atoms with Gasteiger partial charge in [0.2, 0.25) is 0 Å². The van der Waals surface area contributed by atoms with E-state index in [-0.39, 0.29) is 0 Å². The van der Waals surface area contributed by atoms with Crippen molar-refractivity contribution in [1.29, 1.82) is 0 Å². The average Bonchev–Trinajstić information content (AvgIpc) is 2.49. The third-order valence-corrected chi connectivity index (χ3v) is 5.31. The molecule has 1 N–H and O–H groups in total. The molecular formula is C17H27NS. The standard InChI is InChI=1S/C17H27NS/c1-2-3-12-17(15-9-5-4-6-10-15)18-14-16-11-7-8-13-19-16/h4-6,9-10,16-18H,2-3,7-8,11-14H2,1H3. The molecule has 1 heterocycles. The molecule has 0 bridgehead atoms. The van der Waals surface area contributed by atoms with Gasteiger partial charge in [0.25, 0.3) is 0 Å². The third-order valence-electron chi connectivity index (χ3n) is 3.91. The average molecular weight is 277 g/mol. The zero-order valence-corrected chi connectivity index (χ0v) is 12.9. The van der Waals surface area contributed by atoms with Crippen LogP contribution >= 0.6 is 11.8 Å². The third kappa shape index (κ3) is 5.19. The minimum Gasteiger partial charge on any atom is -0.309 e. The summed E-state index contributed by atoms with van der Waals surface area (Å²) < 4.78 is 0. The van der Waals surface area contributed by atoms with Crippen molar-refractivity contribution in [3.05, 3.63) is 35.9 Å². The maximum absolute atomic E-state index is 3.82. The van der Waals surface area contributed by atoms with E-state index in [2.05, 4.69) is 54.3 Å². The number of nitrogens with one attached hydrogen (secondary N) is 1. The summed E-state index contributed by atoms with van der Waals surface area (Å²) in [4.78, 5) is 0. The lowest BCUT2D eigenvalue weighted by molar-refractivity contribution is 0.470. The van der Waals surface area contributed by atoms with Gasteiger partial charge < -0.3 is 5.32 Å². The van der Waals surface area contributed by atoms with Gasteiger partial charge in [-0.1, -0.05) is 56.5 Å². The summed E-state index contributed by atoms with van der Waals surface area (Å²) in [7, 11) is 0.